The van der Waals surface area contributed by atoms with Crippen LogP contribution in [0.3, 0.4) is 0 Å². The van der Waals surface area contributed by atoms with Gasteiger partial charge in [0.2, 0.25) is 0 Å². The predicted molar refractivity (Wildman–Crippen MR) is 53.5 cm³/mol. The number of hydrogen-bond acceptors (Lipinski definition) is 1. The summed E-state index contributed by atoms with van der Waals surface area (Å²) in [6.45, 7) is 0. The Labute approximate surface area is 97.6 Å². The van der Waals surface area contributed by atoms with E-state index in [-0.39, 0.29) is 21.5 Å². The number of benzene rings is 1. The Hall–Kier alpha value is -0.730. The number of alkyl halides is 3. The lowest BCUT2D eigenvalue weighted by molar-refractivity contribution is -0.138. The maximum atomic E-state index is 12.6. The van der Waals surface area contributed by atoms with Crippen LogP contribution in [0.15, 0.2) is 16.6 Å². The van der Waals surface area contributed by atoms with E-state index in [0.717, 1.165) is 0 Å². The van der Waals surface area contributed by atoms with E-state index in [1.165, 1.54) is 12.1 Å². The van der Waals surface area contributed by atoms with E-state index in [1.807, 2.05) is 0 Å². The van der Waals surface area contributed by atoms with Crippen LogP contribution in [0, 0.1) is 11.3 Å². The molecule has 0 radical (unpaired) electrons. The van der Waals surface area contributed by atoms with Gasteiger partial charge in [0.1, 0.15) is 0 Å². The highest BCUT2D eigenvalue weighted by atomic mass is 79.9. The Morgan fingerprint density at radius 3 is 2.47 bits per heavy atom. The van der Waals surface area contributed by atoms with Gasteiger partial charge in [0, 0.05) is 4.47 Å². The van der Waals surface area contributed by atoms with Crippen molar-refractivity contribution in [1.29, 1.82) is 5.26 Å². The molecule has 0 spiro atoms. The Morgan fingerprint density at radius 2 is 2.00 bits per heavy atom. The van der Waals surface area contributed by atoms with Crippen molar-refractivity contribution in [3.63, 3.8) is 0 Å². The van der Waals surface area contributed by atoms with E-state index in [9.17, 15) is 13.2 Å². The lowest BCUT2D eigenvalue weighted by Gasteiger charge is -2.13. The van der Waals surface area contributed by atoms with Gasteiger partial charge in [-0.15, -0.1) is 0 Å². The van der Waals surface area contributed by atoms with Crippen LogP contribution in [-0.4, -0.2) is 0 Å². The monoisotopic (exact) mass is 297 g/mol. The molecule has 0 aliphatic carbocycles. The summed E-state index contributed by atoms with van der Waals surface area (Å²) in [5.41, 5.74) is -0.960. The first-order valence-corrected chi connectivity index (χ1v) is 4.96. The number of nitrogens with zero attached hydrogens (tertiary/aromatic N) is 1. The molecule has 0 aliphatic heterocycles. The van der Waals surface area contributed by atoms with E-state index >= 15 is 0 Å². The molecule has 0 atom stereocenters. The fraction of sp³-hybridized carbons (Fsp3) is 0.222. The van der Waals surface area contributed by atoms with Gasteiger partial charge in [-0.3, -0.25) is 0 Å². The van der Waals surface area contributed by atoms with Crippen molar-refractivity contribution in [3.05, 3.63) is 32.8 Å². The molecule has 0 aliphatic rings. The van der Waals surface area contributed by atoms with Gasteiger partial charge in [0.25, 0.3) is 0 Å². The summed E-state index contributed by atoms with van der Waals surface area (Å²) in [5, 5.41) is 8.38. The number of halogens is 5. The molecule has 0 saturated heterocycles. The summed E-state index contributed by atoms with van der Waals surface area (Å²) in [5.74, 6) is 0. The van der Waals surface area contributed by atoms with Gasteiger partial charge < -0.3 is 0 Å². The molecule has 0 unspecified atom stereocenters. The van der Waals surface area contributed by atoms with E-state index in [1.54, 1.807) is 6.07 Å². The van der Waals surface area contributed by atoms with E-state index in [2.05, 4.69) is 15.9 Å². The zero-order valence-electron chi connectivity index (χ0n) is 7.20. The van der Waals surface area contributed by atoms with E-state index in [0.29, 0.717) is 0 Å². The molecule has 1 nitrogen and oxygen atoms in total. The first kappa shape index (κ1) is 12.3. The fourth-order valence-electron chi connectivity index (χ4n) is 1.13. The smallest absolute Gasteiger partial charge is 0.198 e. The van der Waals surface area contributed by atoms with Crippen LogP contribution in [0.2, 0.25) is 5.02 Å². The molecule has 0 fully saturated rings. The molecular weight excluding hydrogens is 294 g/mol. The predicted octanol–water partition coefficient (Wildman–Crippen LogP) is 4.19. The van der Waals surface area contributed by atoms with Crippen molar-refractivity contribution in [3.8, 4) is 6.07 Å². The second-order valence-electron chi connectivity index (χ2n) is 2.73. The van der Waals surface area contributed by atoms with Crippen LogP contribution < -0.4 is 0 Å². The molecule has 0 saturated carbocycles. The van der Waals surface area contributed by atoms with Gasteiger partial charge in [-0.1, -0.05) is 17.7 Å². The van der Waals surface area contributed by atoms with Crippen LogP contribution in [0.1, 0.15) is 11.1 Å². The molecule has 15 heavy (non-hydrogen) atoms. The molecule has 1 aromatic carbocycles. The van der Waals surface area contributed by atoms with Gasteiger partial charge in [0.15, 0.2) is 0 Å². The maximum Gasteiger partial charge on any atom is 0.417 e. The lowest BCUT2D eigenvalue weighted by atomic mass is 10.0. The Morgan fingerprint density at radius 1 is 1.40 bits per heavy atom. The zero-order chi connectivity index (χ0) is 11.6. The standard InChI is InChI=1S/C9H4BrClF3N/c10-8-6(11)2-1-5(3-4-15)7(8)9(12,13)14/h1-2H,3H2. The number of rotatable bonds is 1. The van der Waals surface area contributed by atoms with Gasteiger partial charge in [0.05, 0.1) is 23.1 Å². The van der Waals surface area contributed by atoms with Crippen molar-refractivity contribution in [2.24, 2.45) is 0 Å². The average Bonchev–Trinajstić information content (AvgIpc) is 2.10. The second kappa shape index (κ2) is 4.42. The lowest BCUT2D eigenvalue weighted by Crippen LogP contribution is -2.10. The number of nitriles is 1. The third kappa shape index (κ3) is 2.64. The molecule has 1 rings (SSSR count). The Balaban J connectivity index is 3.43. The molecule has 1 aromatic rings. The topological polar surface area (TPSA) is 23.8 Å². The molecule has 0 N–H and O–H groups in total. The van der Waals surface area contributed by atoms with Crippen LogP contribution in [0.5, 0.6) is 0 Å². The van der Waals surface area contributed by atoms with Crippen LogP contribution in [0.4, 0.5) is 13.2 Å². The summed E-state index contributed by atoms with van der Waals surface area (Å²) in [6.07, 6.45) is -4.82. The first-order chi connectivity index (χ1) is 6.88. The SMILES string of the molecule is N#CCc1ccc(Cl)c(Br)c1C(F)(F)F. The zero-order valence-corrected chi connectivity index (χ0v) is 9.54. The van der Waals surface area contributed by atoms with Crippen LogP contribution in [0.25, 0.3) is 0 Å². The summed E-state index contributed by atoms with van der Waals surface area (Å²) >= 11 is 8.34. The fourth-order valence-corrected chi connectivity index (χ4v) is 1.90. The molecule has 0 amide bonds. The van der Waals surface area contributed by atoms with Crippen LogP contribution in [-0.2, 0) is 12.6 Å². The minimum absolute atomic E-state index is 0.0241. The van der Waals surface area contributed by atoms with Gasteiger partial charge in [-0.05, 0) is 27.6 Å². The largest absolute Gasteiger partial charge is 0.417 e. The minimum Gasteiger partial charge on any atom is -0.198 e. The van der Waals surface area contributed by atoms with Gasteiger partial charge in [-0.2, -0.15) is 18.4 Å². The third-order valence-electron chi connectivity index (χ3n) is 1.73. The summed E-state index contributed by atoms with van der Waals surface area (Å²) < 4.78 is 37.6. The molecular formula is C9H4BrClF3N. The quantitative estimate of drug-likeness (QED) is 0.762. The Kier molecular flexibility index (Phi) is 3.63. The highest BCUT2D eigenvalue weighted by Crippen LogP contribution is 2.40. The average molecular weight is 298 g/mol. The van der Waals surface area contributed by atoms with Gasteiger partial charge >= 0.3 is 6.18 Å². The molecule has 6 heteroatoms. The highest BCUT2D eigenvalue weighted by Gasteiger charge is 2.36. The number of hydrogen-bond donors (Lipinski definition) is 0. The van der Waals surface area contributed by atoms with Crippen molar-refractivity contribution in [2.75, 3.05) is 0 Å². The van der Waals surface area contributed by atoms with Crippen molar-refractivity contribution >= 4 is 27.5 Å². The molecule has 0 bridgehead atoms. The molecule has 0 heterocycles. The van der Waals surface area contributed by atoms with Crippen molar-refractivity contribution in [2.45, 2.75) is 12.6 Å². The minimum atomic E-state index is -4.52. The summed E-state index contributed by atoms with van der Waals surface area (Å²) in [6, 6.07) is 4.21. The normalized spacial score (nSPS) is 11.2. The summed E-state index contributed by atoms with van der Waals surface area (Å²) in [7, 11) is 0. The second-order valence-corrected chi connectivity index (χ2v) is 3.93. The van der Waals surface area contributed by atoms with Crippen molar-refractivity contribution in [1.82, 2.24) is 0 Å². The van der Waals surface area contributed by atoms with E-state index < -0.39 is 11.7 Å². The Bertz CT molecular complexity index is 423. The van der Waals surface area contributed by atoms with E-state index in [4.69, 9.17) is 16.9 Å². The highest BCUT2D eigenvalue weighted by molar-refractivity contribution is 9.10. The van der Waals surface area contributed by atoms with Crippen LogP contribution >= 0.6 is 27.5 Å². The molecule has 80 valence electrons. The summed E-state index contributed by atoms with van der Waals surface area (Å²) in [4.78, 5) is 0. The van der Waals surface area contributed by atoms with Crippen molar-refractivity contribution < 1.29 is 13.2 Å². The van der Waals surface area contributed by atoms with Gasteiger partial charge in [-0.25, -0.2) is 0 Å². The maximum absolute atomic E-state index is 12.6. The third-order valence-corrected chi connectivity index (χ3v) is 3.10. The molecule has 0 aromatic heterocycles. The first-order valence-electron chi connectivity index (χ1n) is 3.79.